The topological polar surface area (TPSA) is 66.6 Å². The number of rotatable bonds is 9. The highest BCUT2D eigenvalue weighted by Crippen LogP contribution is 2.31. The summed E-state index contributed by atoms with van der Waals surface area (Å²) in [7, 11) is 3.12. The van der Waals surface area contributed by atoms with Crippen molar-refractivity contribution in [3.63, 3.8) is 0 Å². The summed E-state index contributed by atoms with van der Waals surface area (Å²) in [6, 6.07) is 21.8. The first-order valence-corrected chi connectivity index (χ1v) is 12.0. The lowest BCUT2D eigenvalue weighted by Crippen LogP contribution is -2.40. The zero-order chi connectivity index (χ0) is 25.5. The maximum atomic E-state index is 13.5. The molecule has 6 nitrogen and oxygen atoms in total. The molecule has 1 heterocycles. The minimum Gasteiger partial charge on any atom is -0.493 e. The van der Waals surface area contributed by atoms with E-state index in [2.05, 4.69) is 22.4 Å². The standard InChI is InChI=1S/C28H28FN3O3S/c1-34-25-15-21-14-22(27(33)31-24(21)16-26(25)35-2)18-32(17-20-8-10-23(29)11-9-20)28(36)30-13-12-19-6-4-3-5-7-19/h3-11,14-16H,12-13,17-18H2,1-2H3,(H,30,36)(H,31,33). The van der Waals surface area contributed by atoms with Gasteiger partial charge in [0.1, 0.15) is 5.82 Å². The highest BCUT2D eigenvalue weighted by Gasteiger charge is 2.15. The summed E-state index contributed by atoms with van der Waals surface area (Å²) >= 11 is 5.72. The van der Waals surface area contributed by atoms with Crippen LogP contribution < -0.4 is 20.3 Å². The van der Waals surface area contributed by atoms with E-state index in [0.717, 1.165) is 17.4 Å². The molecule has 4 aromatic rings. The fourth-order valence-electron chi connectivity index (χ4n) is 3.98. The SMILES string of the molecule is COc1cc2cc(CN(Cc3ccc(F)cc3)C(=S)NCCc3ccccc3)c(=O)[nH]c2cc1OC. The van der Waals surface area contributed by atoms with Crippen LogP contribution in [0.15, 0.2) is 77.6 Å². The lowest BCUT2D eigenvalue weighted by atomic mass is 10.1. The number of hydrogen-bond donors (Lipinski definition) is 2. The van der Waals surface area contributed by atoms with Crippen LogP contribution in [-0.4, -0.2) is 35.8 Å². The van der Waals surface area contributed by atoms with E-state index < -0.39 is 0 Å². The van der Waals surface area contributed by atoms with Crippen LogP contribution in [0.3, 0.4) is 0 Å². The zero-order valence-electron chi connectivity index (χ0n) is 20.2. The van der Waals surface area contributed by atoms with Crippen LogP contribution in [0.1, 0.15) is 16.7 Å². The number of nitrogens with zero attached hydrogens (tertiary/aromatic N) is 1. The molecule has 0 spiro atoms. The van der Waals surface area contributed by atoms with E-state index in [0.29, 0.717) is 40.8 Å². The first-order valence-electron chi connectivity index (χ1n) is 11.6. The van der Waals surface area contributed by atoms with E-state index in [4.69, 9.17) is 21.7 Å². The molecule has 0 radical (unpaired) electrons. The summed E-state index contributed by atoms with van der Waals surface area (Å²) in [5.41, 5.74) is 3.06. The van der Waals surface area contributed by atoms with Gasteiger partial charge in [-0.3, -0.25) is 4.79 Å². The van der Waals surface area contributed by atoms with Crippen LogP contribution in [0.2, 0.25) is 0 Å². The molecule has 0 unspecified atom stereocenters. The van der Waals surface area contributed by atoms with Crippen LogP contribution in [0.25, 0.3) is 10.9 Å². The summed E-state index contributed by atoms with van der Waals surface area (Å²) < 4.78 is 24.2. The molecule has 8 heteroatoms. The Hall–Kier alpha value is -3.91. The third-order valence-corrected chi connectivity index (χ3v) is 6.30. The number of methoxy groups -OCH3 is 2. The Morgan fingerprint density at radius 3 is 2.33 bits per heavy atom. The van der Waals surface area contributed by atoms with Gasteiger partial charge in [-0.25, -0.2) is 4.39 Å². The number of halogens is 1. The van der Waals surface area contributed by atoms with E-state index in [1.807, 2.05) is 35.2 Å². The molecule has 2 N–H and O–H groups in total. The number of pyridine rings is 1. The number of fused-ring (bicyclic) bond motifs is 1. The molecule has 0 aliphatic rings. The summed E-state index contributed by atoms with van der Waals surface area (Å²) in [6.45, 7) is 1.34. The Kier molecular flexibility index (Phi) is 8.17. The number of H-pyrrole nitrogens is 1. The van der Waals surface area contributed by atoms with Crippen LogP contribution in [-0.2, 0) is 19.5 Å². The monoisotopic (exact) mass is 505 g/mol. The van der Waals surface area contributed by atoms with E-state index in [1.54, 1.807) is 32.4 Å². The minimum absolute atomic E-state index is 0.217. The average molecular weight is 506 g/mol. The molecular weight excluding hydrogens is 477 g/mol. The smallest absolute Gasteiger partial charge is 0.253 e. The van der Waals surface area contributed by atoms with Crippen molar-refractivity contribution in [3.05, 3.63) is 106 Å². The Morgan fingerprint density at radius 2 is 1.64 bits per heavy atom. The summed E-state index contributed by atoms with van der Waals surface area (Å²) in [6.07, 6.45) is 0.809. The van der Waals surface area contributed by atoms with Gasteiger partial charge in [0, 0.05) is 30.1 Å². The maximum Gasteiger partial charge on any atom is 0.253 e. The molecule has 0 saturated carbocycles. The van der Waals surface area contributed by atoms with Crippen molar-refractivity contribution in [3.8, 4) is 11.5 Å². The Balaban J connectivity index is 1.58. The second-order valence-electron chi connectivity index (χ2n) is 8.37. The number of ether oxygens (including phenoxy) is 2. The minimum atomic E-state index is -0.302. The number of thiocarbonyl (C=S) groups is 1. The van der Waals surface area contributed by atoms with Gasteiger partial charge in [0.25, 0.3) is 5.56 Å². The molecular formula is C28H28FN3O3S. The van der Waals surface area contributed by atoms with Crippen LogP contribution in [0.5, 0.6) is 11.5 Å². The predicted octanol–water partition coefficient (Wildman–Crippen LogP) is 4.80. The van der Waals surface area contributed by atoms with Gasteiger partial charge in [-0.1, -0.05) is 42.5 Å². The van der Waals surface area contributed by atoms with Gasteiger partial charge in [0.05, 0.1) is 26.3 Å². The maximum absolute atomic E-state index is 13.5. The second kappa shape index (κ2) is 11.7. The molecule has 0 saturated heterocycles. The van der Waals surface area contributed by atoms with Crippen LogP contribution >= 0.6 is 12.2 Å². The lowest BCUT2D eigenvalue weighted by molar-refractivity contribution is 0.355. The van der Waals surface area contributed by atoms with Crippen molar-refractivity contribution in [2.75, 3.05) is 20.8 Å². The highest BCUT2D eigenvalue weighted by atomic mass is 32.1. The molecule has 0 aliphatic carbocycles. The largest absolute Gasteiger partial charge is 0.493 e. The van der Waals surface area contributed by atoms with Gasteiger partial charge in [0.2, 0.25) is 0 Å². The summed E-state index contributed by atoms with van der Waals surface area (Å²) in [5, 5.41) is 4.64. The first-order chi connectivity index (χ1) is 17.5. The van der Waals surface area contributed by atoms with Crippen molar-refractivity contribution in [2.45, 2.75) is 19.5 Å². The quantitative estimate of drug-likeness (QED) is 0.319. The third kappa shape index (κ3) is 6.20. The van der Waals surface area contributed by atoms with E-state index in [9.17, 15) is 9.18 Å². The van der Waals surface area contributed by atoms with Gasteiger partial charge in [0.15, 0.2) is 16.6 Å². The van der Waals surface area contributed by atoms with Crippen molar-refractivity contribution in [1.29, 1.82) is 0 Å². The number of aromatic amines is 1. The third-order valence-electron chi connectivity index (χ3n) is 5.89. The summed E-state index contributed by atoms with van der Waals surface area (Å²) in [5.74, 6) is 0.809. The van der Waals surface area contributed by atoms with E-state index in [1.165, 1.54) is 17.7 Å². The number of aromatic nitrogens is 1. The predicted molar refractivity (Wildman–Crippen MR) is 144 cm³/mol. The normalized spacial score (nSPS) is 10.8. The van der Waals surface area contributed by atoms with Gasteiger partial charge in [-0.15, -0.1) is 0 Å². The molecule has 3 aromatic carbocycles. The molecule has 0 bridgehead atoms. The average Bonchev–Trinajstić information content (AvgIpc) is 2.89. The molecule has 0 amide bonds. The Labute approximate surface area is 214 Å². The Morgan fingerprint density at radius 1 is 0.944 bits per heavy atom. The summed E-state index contributed by atoms with van der Waals surface area (Å²) in [4.78, 5) is 17.8. The van der Waals surface area contributed by atoms with E-state index >= 15 is 0 Å². The van der Waals surface area contributed by atoms with Crippen LogP contribution in [0.4, 0.5) is 4.39 Å². The zero-order valence-corrected chi connectivity index (χ0v) is 21.0. The fraction of sp³-hybridized carbons (Fsp3) is 0.214. The molecule has 1 aromatic heterocycles. The molecule has 0 fully saturated rings. The van der Waals surface area contributed by atoms with Crippen molar-refractivity contribution < 1.29 is 13.9 Å². The molecule has 0 aliphatic heterocycles. The van der Waals surface area contributed by atoms with Crippen molar-refractivity contribution in [2.24, 2.45) is 0 Å². The number of nitrogens with one attached hydrogen (secondary N) is 2. The van der Waals surface area contributed by atoms with Gasteiger partial charge >= 0.3 is 0 Å². The molecule has 36 heavy (non-hydrogen) atoms. The van der Waals surface area contributed by atoms with E-state index in [-0.39, 0.29) is 17.9 Å². The van der Waals surface area contributed by atoms with Gasteiger partial charge < -0.3 is 24.7 Å². The van der Waals surface area contributed by atoms with Crippen molar-refractivity contribution in [1.82, 2.24) is 15.2 Å². The molecule has 0 atom stereocenters. The van der Waals surface area contributed by atoms with Gasteiger partial charge in [-0.05, 0) is 54.0 Å². The Bertz CT molecular complexity index is 1390. The van der Waals surface area contributed by atoms with Crippen molar-refractivity contribution >= 4 is 28.2 Å². The number of hydrogen-bond acceptors (Lipinski definition) is 4. The lowest BCUT2D eigenvalue weighted by Gasteiger charge is -2.26. The fourth-order valence-corrected chi connectivity index (χ4v) is 4.21. The second-order valence-corrected chi connectivity index (χ2v) is 8.75. The van der Waals surface area contributed by atoms with Gasteiger partial charge in [-0.2, -0.15) is 0 Å². The first kappa shape index (κ1) is 25.2. The molecule has 186 valence electrons. The highest BCUT2D eigenvalue weighted by molar-refractivity contribution is 7.80. The molecule has 4 rings (SSSR count). The number of benzene rings is 3. The van der Waals surface area contributed by atoms with Crippen LogP contribution in [0, 0.1) is 5.82 Å².